The Labute approximate surface area is 106 Å². The van der Waals surface area contributed by atoms with Gasteiger partial charge in [0.2, 0.25) is 0 Å². The lowest BCUT2D eigenvalue weighted by atomic mass is 10.1. The van der Waals surface area contributed by atoms with Gasteiger partial charge in [-0.3, -0.25) is 11.3 Å². The van der Waals surface area contributed by atoms with Gasteiger partial charge in [0.25, 0.3) is 0 Å². The molecular formula is C12H19ClN2S. The largest absolute Gasteiger partial charge is 0.271 e. The molecule has 0 bridgehead atoms. The lowest BCUT2D eigenvalue weighted by molar-refractivity contribution is 0.490. The molecule has 0 aromatic carbocycles. The second kappa shape index (κ2) is 7.85. The quantitative estimate of drug-likeness (QED) is 0.320. The van der Waals surface area contributed by atoms with Crippen LogP contribution in [0, 0.1) is 0 Å². The van der Waals surface area contributed by atoms with Crippen LogP contribution in [0.15, 0.2) is 24.8 Å². The van der Waals surface area contributed by atoms with E-state index in [0.29, 0.717) is 0 Å². The molecule has 0 aliphatic heterocycles. The lowest BCUT2D eigenvalue weighted by Gasteiger charge is -2.13. The maximum absolute atomic E-state index is 5.90. The Hall–Kier alpha value is -0.350. The first kappa shape index (κ1) is 13.7. The zero-order valence-corrected chi connectivity index (χ0v) is 11.0. The van der Waals surface area contributed by atoms with Gasteiger partial charge in [0.05, 0.1) is 10.4 Å². The second-order valence-corrected chi connectivity index (χ2v) is 5.53. The first-order chi connectivity index (χ1) is 7.77. The van der Waals surface area contributed by atoms with Gasteiger partial charge in [-0.15, -0.1) is 17.9 Å². The Balaban J connectivity index is 2.29. The molecule has 1 unspecified atom stereocenters. The molecule has 0 fully saturated rings. The third-order valence-corrected chi connectivity index (χ3v) is 3.88. The van der Waals surface area contributed by atoms with E-state index in [4.69, 9.17) is 17.4 Å². The molecule has 2 nitrogen and oxygen atoms in total. The molecule has 0 spiro atoms. The van der Waals surface area contributed by atoms with Crippen molar-refractivity contribution >= 4 is 22.9 Å². The summed E-state index contributed by atoms with van der Waals surface area (Å²) in [5.74, 6) is 5.55. The molecule has 0 aliphatic rings. The van der Waals surface area contributed by atoms with Crippen molar-refractivity contribution in [3.63, 3.8) is 0 Å². The van der Waals surface area contributed by atoms with Gasteiger partial charge in [-0.2, -0.15) is 0 Å². The average Bonchev–Trinajstić information content (AvgIpc) is 2.70. The predicted molar refractivity (Wildman–Crippen MR) is 72.7 cm³/mol. The van der Waals surface area contributed by atoms with Crippen molar-refractivity contribution in [2.45, 2.75) is 38.1 Å². The van der Waals surface area contributed by atoms with Gasteiger partial charge in [-0.1, -0.05) is 30.5 Å². The molecule has 16 heavy (non-hydrogen) atoms. The summed E-state index contributed by atoms with van der Waals surface area (Å²) in [6, 6.07) is 4.20. The van der Waals surface area contributed by atoms with Crippen LogP contribution >= 0.6 is 22.9 Å². The highest BCUT2D eigenvalue weighted by atomic mass is 35.5. The van der Waals surface area contributed by atoms with E-state index in [-0.39, 0.29) is 6.04 Å². The smallest absolute Gasteiger partial charge is 0.0931 e. The molecule has 1 heterocycles. The number of nitrogens with two attached hydrogens (primary N) is 1. The third-order valence-electron chi connectivity index (χ3n) is 2.54. The number of halogens is 1. The number of hydrogen-bond donors (Lipinski definition) is 2. The van der Waals surface area contributed by atoms with Gasteiger partial charge < -0.3 is 0 Å². The van der Waals surface area contributed by atoms with E-state index in [1.54, 1.807) is 11.3 Å². The summed E-state index contributed by atoms with van der Waals surface area (Å²) < 4.78 is 0.821. The summed E-state index contributed by atoms with van der Waals surface area (Å²) in [4.78, 5) is 1.22. The van der Waals surface area contributed by atoms with Crippen LogP contribution in [0.1, 0.15) is 43.0 Å². The SMILES string of the molecule is C=CCCCCCC(NN)c1ccc(Cl)s1. The van der Waals surface area contributed by atoms with Gasteiger partial charge in [-0.25, -0.2) is 0 Å². The number of rotatable bonds is 8. The van der Waals surface area contributed by atoms with Crippen LogP contribution in [0.4, 0.5) is 0 Å². The fourth-order valence-electron chi connectivity index (χ4n) is 1.64. The van der Waals surface area contributed by atoms with E-state index in [1.165, 1.54) is 24.1 Å². The number of unbranched alkanes of at least 4 members (excludes halogenated alkanes) is 3. The van der Waals surface area contributed by atoms with Crippen molar-refractivity contribution < 1.29 is 0 Å². The number of nitrogens with one attached hydrogen (secondary N) is 1. The summed E-state index contributed by atoms with van der Waals surface area (Å²) in [5.41, 5.74) is 2.85. The van der Waals surface area contributed by atoms with Crippen molar-refractivity contribution in [1.29, 1.82) is 0 Å². The molecule has 4 heteroatoms. The van der Waals surface area contributed by atoms with Crippen LogP contribution < -0.4 is 11.3 Å². The predicted octanol–water partition coefficient (Wildman–Crippen LogP) is 4.04. The standard InChI is InChI=1S/C12H19ClN2S/c1-2-3-4-5-6-7-10(15-14)11-8-9-12(13)16-11/h2,8-10,15H,1,3-7,14H2. The molecule has 0 saturated carbocycles. The molecule has 0 radical (unpaired) electrons. The summed E-state index contributed by atoms with van der Waals surface area (Å²) in [6.45, 7) is 3.71. The Morgan fingerprint density at radius 1 is 1.44 bits per heavy atom. The zero-order chi connectivity index (χ0) is 11.8. The van der Waals surface area contributed by atoms with E-state index in [1.807, 2.05) is 18.2 Å². The molecule has 0 amide bonds. The molecular weight excluding hydrogens is 240 g/mol. The monoisotopic (exact) mass is 258 g/mol. The summed E-state index contributed by atoms with van der Waals surface area (Å²) >= 11 is 7.50. The summed E-state index contributed by atoms with van der Waals surface area (Å²) in [7, 11) is 0. The Bertz CT molecular complexity index is 312. The maximum Gasteiger partial charge on any atom is 0.0931 e. The minimum atomic E-state index is 0.237. The minimum absolute atomic E-state index is 0.237. The lowest BCUT2D eigenvalue weighted by Crippen LogP contribution is -2.27. The van der Waals surface area contributed by atoms with Crippen LogP contribution in [0.3, 0.4) is 0 Å². The first-order valence-electron chi connectivity index (χ1n) is 5.60. The Morgan fingerprint density at radius 3 is 2.81 bits per heavy atom. The molecule has 1 aromatic heterocycles. The van der Waals surface area contributed by atoms with Crippen molar-refractivity contribution in [2.24, 2.45) is 5.84 Å². The molecule has 1 atom stereocenters. The number of hydrazine groups is 1. The summed E-state index contributed by atoms with van der Waals surface area (Å²) in [6.07, 6.45) is 7.75. The normalized spacial score (nSPS) is 12.6. The first-order valence-corrected chi connectivity index (χ1v) is 6.79. The number of allylic oxidation sites excluding steroid dienone is 1. The fraction of sp³-hybridized carbons (Fsp3) is 0.500. The Kier molecular flexibility index (Phi) is 6.73. The minimum Gasteiger partial charge on any atom is -0.271 e. The summed E-state index contributed by atoms with van der Waals surface area (Å²) in [5, 5.41) is 0. The van der Waals surface area contributed by atoms with E-state index in [2.05, 4.69) is 12.0 Å². The second-order valence-electron chi connectivity index (χ2n) is 3.79. The zero-order valence-electron chi connectivity index (χ0n) is 9.42. The van der Waals surface area contributed by atoms with Crippen molar-refractivity contribution in [2.75, 3.05) is 0 Å². The van der Waals surface area contributed by atoms with E-state index >= 15 is 0 Å². The van der Waals surface area contributed by atoms with Crippen LogP contribution in [-0.4, -0.2) is 0 Å². The average molecular weight is 259 g/mol. The molecule has 1 aromatic rings. The van der Waals surface area contributed by atoms with E-state index < -0.39 is 0 Å². The topological polar surface area (TPSA) is 38.0 Å². The molecule has 90 valence electrons. The van der Waals surface area contributed by atoms with Gasteiger partial charge in [0, 0.05) is 4.88 Å². The van der Waals surface area contributed by atoms with Gasteiger partial charge in [-0.05, 0) is 31.4 Å². The van der Waals surface area contributed by atoms with Crippen molar-refractivity contribution in [1.82, 2.24) is 5.43 Å². The van der Waals surface area contributed by atoms with Crippen LogP contribution in [0.2, 0.25) is 4.34 Å². The maximum atomic E-state index is 5.90. The molecule has 0 saturated heterocycles. The van der Waals surface area contributed by atoms with Crippen molar-refractivity contribution in [3.8, 4) is 0 Å². The van der Waals surface area contributed by atoms with Gasteiger partial charge in [0.15, 0.2) is 0 Å². The van der Waals surface area contributed by atoms with Gasteiger partial charge in [0.1, 0.15) is 0 Å². The Morgan fingerprint density at radius 2 is 2.25 bits per heavy atom. The molecule has 1 rings (SSSR count). The van der Waals surface area contributed by atoms with Gasteiger partial charge >= 0.3 is 0 Å². The highest BCUT2D eigenvalue weighted by Crippen LogP contribution is 2.29. The fourth-order valence-corrected chi connectivity index (χ4v) is 2.79. The van der Waals surface area contributed by atoms with E-state index in [0.717, 1.165) is 17.2 Å². The van der Waals surface area contributed by atoms with Crippen LogP contribution in [-0.2, 0) is 0 Å². The van der Waals surface area contributed by atoms with Crippen LogP contribution in [0.5, 0.6) is 0 Å². The molecule has 3 N–H and O–H groups in total. The number of thiophene rings is 1. The number of hydrogen-bond acceptors (Lipinski definition) is 3. The van der Waals surface area contributed by atoms with E-state index in [9.17, 15) is 0 Å². The van der Waals surface area contributed by atoms with Crippen LogP contribution in [0.25, 0.3) is 0 Å². The molecule has 0 aliphatic carbocycles. The highest BCUT2D eigenvalue weighted by molar-refractivity contribution is 7.16. The highest BCUT2D eigenvalue weighted by Gasteiger charge is 2.11. The third kappa shape index (κ3) is 4.66. The van der Waals surface area contributed by atoms with Crippen molar-refractivity contribution in [3.05, 3.63) is 34.0 Å².